The number of carbonyl (C=O) groups is 1. The minimum absolute atomic E-state index is 0.418. The van der Waals surface area contributed by atoms with Gasteiger partial charge in [0.15, 0.2) is 6.29 Å². The molecule has 0 saturated carbocycles. The topological polar surface area (TPSA) is 45.8 Å². The standard InChI is InChI=1S/C13H14N2O/c1-10(11-5-3-2-4-6-11)7-12-8-13(9-16)15-14-12/h2-6,8-10H,7H2,1H3,(H,14,15). The lowest BCUT2D eigenvalue weighted by atomic mass is 9.96. The quantitative estimate of drug-likeness (QED) is 0.795. The van der Waals surface area contributed by atoms with E-state index in [0.29, 0.717) is 11.6 Å². The Morgan fingerprint density at radius 2 is 2.12 bits per heavy atom. The number of hydrogen-bond acceptors (Lipinski definition) is 2. The van der Waals surface area contributed by atoms with Crippen molar-refractivity contribution in [3.8, 4) is 0 Å². The second kappa shape index (κ2) is 4.75. The van der Waals surface area contributed by atoms with Gasteiger partial charge in [-0.25, -0.2) is 0 Å². The van der Waals surface area contributed by atoms with Gasteiger partial charge in [-0.1, -0.05) is 37.3 Å². The van der Waals surface area contributed by atoms with Gasteiger partial charge in [-0.15, -0.1) is 0 Å². The van der Waals surface area contributed by atoms with Crippen LogP contribution >= 0.6 is 0 Å². The Hall–Kier alpha value is -1.90. The van der Waals surface area contributed by atoms with Gasteiger partial charge in [0.1, 0.15) is 5.69 Å². The van der Waals surface area contributed by atoms with E-state index in [4.69, 9.17) is 0 Å². The number of nitrogens with one attached hydrogen (secondary N) is 1. The van der Waals surface area contributed by atoms with Gasteiger partial charge in [0.05, 0.1) is 0 Å². The van der Waals surface area contributed by atoms with Crippen LogP contribution in [0.4, 0.5) is 0 Å². The molecule has 0 amide bonds. The molecule has 0 aliphatic rings. The lowest BCUT2D eigenvalue weighted by Crippen LogP contribution is -1.98. The van der Waals surface area contributed by atoms with Crippen LogP contribution in [0.2, 0.25) is 0 Å². The fraction of sp³-hybridized carbons (Fsp3) is 0.231. The molecule has 16 heavy (non-hydrogen) atoms. The van der Waals surface area contributed by atoms with Crippen LogP contribution in [0.1, 0.15) is 34.6 Å². The highest BCUT2D eigenvalue weighted by molar-refractivity contribution is 5.71. The summed E-state index contributed by atoms with van der Waals surface area (Å²) in [5.74, 6) is 0.418. The number of carbonyl (C=O) groups excluding carboxylic acids is 1. The van der Waals surface area contributed by atoms with Crippen LogP contribution in [0.3, 0.4) is 0 Å². The van der Waals surface area contributed by atoms with E-state index in [-0.39, 0.29) is 0 Å². The van der Waals surface area contributed by atoms with Crippen molar-refractivity contribution in [1.29, 1.82) is 0 Å². The van der Waals surface area contributed by atoms with E-state index in [1.54, 1.807) is 6.07 Å². The predicted octanol–water partition coefficient (Wildman–Crippen LogP) is 2.57. The third-order valence-electron chi connectivity index (χ3n) is 2.67. The van der Waals surface area contributed by atoms with Crippen LogP contribution in [0.15, 0.2) is 36.4 Å². The highest BCUT2D eigenvalue weighted by Gasteiger charge is 2.08. The molecular formula is C13H14N2O. The Kier molecular flexibility index (Phi) is 3.15. The Balaban J connectivity index is 2.07. The van der Waals surface area contributed by atoms with Gasteiger partial charge in [0, 0.05) is 5.69 Å². The molecule has 0 radical (unpaired) electrons. The third kappa shape index (κ3) is 2.37. The number of nitrogens with zero attached hydrogens (tertiary/aromatic N) is 1. The number of rotatable bonds is 4. The Morgan fingerprint density at radius 1 is 1.38 bits per heavy atom. The number of H-pyrrole nitrogens is 1. The molecule has 0 aliphatic heterocycles. The molecule has 2 rings (SSSR count). The first-order chi connectivity index (χ1) is 7.79. The second-order valence-corrected chi connectivity index (χ2v) is 3.95. The van der Waals surface area contributed by atoms with Crippen molar-refractivity contribution < 1.29 is 4.79 Å². The van der Waals surface area contributed by atoms with Crippen LogP contribution in [-0.4, -0.2) is 16.5 Å². The highest BCUT2D eigenvalue weighted by atomic mass is 16.1. The minimum Gasteiger partial charge on any atom is -0.296 e. The number of aldehydes is 1. The molecule has 1 unspecified atom stereocenters. The average molecular weight is 214 g/mol. The summed E-state index contributed by atoms with van der Waals surface area (Å²) in [7, 11) is 0. The Morgan fingerprint density at radius 3 is 2.75 bits per heavy atom. The summed E-state index contributed by atoms with van der Waals surface area (Å²) >= 11 is 0. The van der Waals surface area contributed by atoms with E-state index in [9.17, 15) is 4.79 Å². The molecule has 0 bridgehead atoms. The number of hydrogen-bond donors (Lipinski definition) is 1. The molecule has 0 spiro atoms. The molecule has 0 aliphatic carbocycles. The molecule has 2 aromatic rings. The zero-order valence-electron chi connectivity index (χ0n) is 9.18. The van der Waals surface area contributed by atoms with Gasteiger partial charge in [-0.05, 0) is 24.0 Å². The van der Waals surface area contributed by atoms with E-state index in [0.717, 1.165) is 18.4 Å². The fourth-order valence-corrected chi connectivity index (χ4v) is 1.77. The maximum Gasteiger partial charge on any atom is 0.170 e. The molecular weight excluding hydrogens is 200 g/mol. The fourth-order valence-electron chi connectivity index (χ4n) is 1.77. The van der Waals surface area contributed by atoms with Crippen molar-refractivity contribution in [2.75, 3.05) is 0 Å². The Labute approximate surface area is 94.5 Å². The third-order valence-corrected chi connectivity index (χ3v) is 2.67. The average Bonchev–Trinajstić information content (AvgIpc) is 2.78. The van der Waals surface area contributed by atoms with Crippen LogP contribution in [0.25, 0.3) is 0 Å². The summed E-state index contributed by atoms with van der Waals surface area (Å²) < 4.78 is 0. The largest absolute Gasteiger partial charge is 0.296 e. The van der Waals surface area contributed by atoms with Crippen LogP contribution in [0, 0.1) is 0 Å². The Bertz CT molecular complexity index is 462. The van der Waals surface area contributed by atoms with Crippen molar-refractivity contribution in [2.45, 2.75) is 19.3 Å². The van der Waals surface area contributed by atoms with Crippen LogP contribution < -0.4 is 0 Å². The van der Waals surface area contributed by atoms with Crippen molar-refractivity contribution in [3.05, 3.63) is 53.3 Å². The lowest BCUT2D eigenvalue weighted by molar-refractivity contribution is 0.111. The van der Waals surface area contributed by atoms with Gasteiger partial charge >= 0.3 is 0 Å². The molecule has 1 atom stereocenters. The maximum absolute atomic E-state index is 10.5. The number of aromatic amines is 1. The maximum atomic E-state index is 10.5. The predicted molar refractivity (Wildman–Crippen MR) is 62.5 cm³/mol. The molecule has 1 N–H and O–H groups in total. The molecule has 1 aromatic heterocycles. The normalized spacial score (nSPS) is 12.3. The highest BCUT2D eigenvalue weighted by Crippen LogP contribution is 2.18. The molecule has 0 fully saturated rings. The van der Waals surface area contributed by atoms with Gasteiger partial charge < -0.3 is 0 Å². The zero-order valence-corrected chi connectivity index (χ0v) is 9.18. The lowest BCUT2D eigenvalue weighted by Gasteiger charge is -2.09. The zero-order chi connectivity index (χ0) is 11.4. The molecule has 3 nitrogen and oxygen atoms in total. The van der Waals surface area contributed by atoms with E-state index in [1.165, 1.54) is 5.56 Å². The summed E-state index contributed by atoms with van der Waals surface area (Å²) in [6.07, 6.45) is 1.62. The molecule has 3 heteroatoms. The van der Waals surface area contributed by atoms with E-state index in [1.807, 2.05) is 18.2 Å². The number of aromatic nitrogens is 2. The second-order valence-electron chi connectivity index (χ2n) is 3.95. The van der Waals surface area contributed by atoms with Gasteiger partial charge in [0.2, 0.25) is 0 Å². The van der Waals surface area contributed by atoms with Crippen molar-refractivity contribution in [3.63, 3.8) is 0 Å². The van der Waals surface area contributed by atoms with Gasteiger partial charge in [0.25, 0.3) is 0 Å². The van der Waals surface area contributed by atoms with E-state index in [2.05, 4.69) is 29.3 Å². The van der Waals surface area contributed by atoms with Crippen molar-refractivity contribution in [2.24, 2.45) is 0 Å². The minimum atomic E-state index is 0.418. The van der Waals surface area contributed by atoms with E-state index >= 15 is 0 Å². The smallest absolute Gasteiger partial charge is 0.170 e. The van der Waals surface area contributed by atoms with Crippen molar-refractivity contribution >= 4 is 6.29 Å². The molecule has 82 valence electrons. The van der Waals surface area contributed by atoms with E-state index < -0.39 is 0 Å². The number of benzene rings is 1. The van der Waals surface area contributed by atoms with Gasteiger partial charge in [-0.2, -0.15) is 5.10 Å². The van der Waals surface area contributed by atoms with Gasteiger partial charge in [-0.3, -0.25) is 9.89 Å². The first-order valence-electron chi connectivity index (χ1n) is 5.34. The summed E-state index contributed by atoms with van der Waals surface area (Å²) in [4.78, 5) is 10.5. The SMILES string of the molecule is CC(Cc1cc(C=O)n[nH]1)c1ccccc1. The summed E-state index contributed by atoms with van der Waals surface area (Å²) in [6, 6.07) is 12.1. The van der Waals surface area contributed by atoms with Crippen molar-refractivity contribution in [1.82, 2.24) is 10.2 Å². The first-order valence-corrected chi connectivity index (χ1v) is 5.34. The molecule has 0 saturated heterocycles. The molecule has 1 aromatic carbocycles. The first kappa shape index (κ1) is 10.6. The monoisotopic (exact) mass is 214 g/mol. The summed E-state index contributed by atoms with van der Waals surface area (Å²) in [5.41, 5.74) is 2.76. The summed E-state index contributed by atoms with van der Waals surface area (Å²) in [5, 5.41) is 6.76. The summed E-state index contributed by atoms with van der Waals surface area (Å²) in [6.45, 7) is 2.16. The molecule has 1 heterocycles. The van der Waals surface area contributed by atoms with Crippen LogP contribution in [0.5, 0.6) is 0 Å². The van der Waals surface area contributed by atoms with Crippen LogP contribution in [-0.2, 0) is 6.42 Å².